The van der Waals surface area contributed by atoms with Gasteiger partial charge in [0.1, 0.15) is 11.5 Å². The predicted octanol–water partition coefficient (Wildman–Crippen LogP) is 3.83. The van der Waals surface area contributed by atoms with E-state index in [1.54, 1.807) is 36.3 Å². The molecule has 1 atom stereocenters. The van der Waals surface area contributed by atoms with Gasteiger partial charge in [0.2, 0.25) is 0 Å². The first-order chi connectivity index (χ1) is 14.3. The Hall–Kier alpha value is -2.64. The van der Waals surface area contributed by atoms with E-state index in [9.17, 15) is 14.7 Å². The van der Waals surface area contributed by atoms with Crippen molar-refractivity contribution in [2.75, 3.05) is 34.3 Å². The van der Waals surface area contributed by atoms with E-state index in [1.807, 2.05) is 43.3 Å². The number of aliphatic hydroxyl groups excluding tert-OH is 1. The molecule has 0 aromatic heterocycles. The van der Waals surface area contributed by atoms with E-state index in [2.05, 4.69) is 15.9 Å². The van der Waals surface area contributed by atoms with E-state index < -0.39 is 17.7 Å². The fourth-order valence-electron chi connectivity index (χ4n) is 3.56. The summed E-state index contributed by atoms with van der Waals surface area (Å²) in [6.45, 7) is 1.21. The van der Waals surface area contributed by atoms with Crippen molar-refractivity contribution in [2.24, 2.45) is 0 Å². The molecule has 2 aromatic rings. The van der Waals surface area contributed by atoms with Gasteiger partial charge in [0, 0.05) is 16.6 Å². The molecule has 1 aliphatic heterocycles. The van der Waals surface area contributed by atoms with Crippen LogP contribution in [0.4, 0.5) is 0 Å². The van der Waals surface area contributed by atoms with E-state index >= 15 is 0 Å². The van der Waals surface area contributed by atoms with Gasteiger partial charge in [0.05, 0.1) is 18.7 Å². The van der Waals surface area contributed by atoms with Crippen LogP contribution in [0.2, 0.25) is 0 Å². The minimum absolute atomic E-state index is 0.109. The summed E-state index contributed by atoms with van der Waals surface area (Å²) in [5.41, 5.74) is 1.35. The monoisotopic (exact) mass is 472 g/mol. The molecule has 2 aromatic carbocycles. The SMILES string of the molecule is COc1ccc(/C(O)=C2/C(=O)C(=O)N(CCCN(C)C)C2c2ccc(Br)cc2)cc1. The summed E-state index contributed by atoms with van der Waals surface area (Å²) in [5.74, 6) is -0.794. The van der Waals surface area contributed by atoms with Crippen LogP contribution in [-0.4, -0.2) is 60.9 Å². The summed E-state index contributed by atoms with van der Waals surface area (Å²) in [6.07, 6.45) is 0.718. The Kier molecular flexibility index (Phi) is 6.95. The molecule has 7 heteroatoms. The zero-order valence-electron chi connectivity index (χ0n) is 17.3. The zero-order valence-corrected chi connectivity index (χ0v) is 18.8. The van der Waals surface area contributed by atoms with Gasteiger partial charge in [0.15, 0.2) is 0 Å². The van der Waals surface area contributed by atoms with E-state index in [-0.39, 0.29) is 11.3 Å². The van der Waals surface area contributed by atoms with Crippen LogP contribution in [0.25, 0.3) is 5.76 Å². The van der Waals surface area contributed by atoms with Crippen molar-refractivity contribution < 1.29 is 19.4 Å². The van der Waals surface area contributed by atoms with Crippen molar-refractivity contribution in [3.63, 3.8) is 0 Å². The number of Topliss-reactive ketones (excluding diaryl/α,β-unsaturated/α-hetero) is 1. The van der Waals surface area contributed by atoms with Gasteiger partial charge in [0.25, 0.3) is 11.7 Å². The molecule has 1 N–H and O–H groups in total. The van der Waals surface area contributed by atoms with Crippen molar-refractivity contribution >= 4 is 33.4 Å². The highest BCUT2D eigenvalue weighted by Gasteiger charge is 2.45. The Morgan fingerprint density at radius 3 is 2.30 bits per heavy atom. The van der Waals surface area contributed by atoms with Gasteiger partial charge in [-0.05, 0) is 69.0 Å². The largest absolute Gasteiger partial charge is 0.507 e. The van der Waals surface area contributed by atoms with Gasteiger partial charge in [-0.2, -0.15) is 0 Å². The molecule has 3 rings (SSSR count). The Balaban J connectivity index is 2.06. The zero-order chi connectivity index (χ0) is 21.8. The van der Waals surface area contributed by atoms with Crippen LogP contribution in [0.3, 0.4) is 0 Å². The van der Waals surface area contributed by atoms with E-state index in [0.717, 1.165) is 23.0 Å². The Bertz CT molecular complexity index is 952. The second kappa shape index (κ2) is 9.45. The molecular formula is C23H25BrN2O4. The molecule has 0 spiro atoms. The van der Waals surface area contributed by atoms with Crippen molar-refractivity contribution in [2.45, 2.75) is 12.5 Å². The third kappa shape index (κ3) is 4.57. The quantitative estimate of drug-likeness (QED) is 0.376. The van der Waals surface area contributed by atoms with E-state index in [4.69, 9.17) is 4.74 Å². The number of carbonyl (C=O) groups excluding carboxylic acids is 2. The van der Waals surface area contributed by atoms with Gasteiger partial charge in [-0.1, -0.05) is 28.1 Å². The highest BCUT2D eigenvalue weighted by atomic mass is 79.9. The smallest absolute Gasteiger partial charge is 0.295 e. The maximum atomic E-state index is 12.9. The molecule has 1 saturated heterocycles. The van der Waals surface area contributed by atoms with Gasteiger partial charge >= 0.3 is 0 Å². The Labute approximate surface area is 184 Å². The molecule has 6 nitrogen and oxygen atoms in total. The fraction of sp³-hybridized carbons (Fsp3) is 0.304. The fourth-order valence-corrected chi connectivity index (χ4v) is 3.83. The average Bonchev–Trinajstić information content (AvgIpc) is 2.98. The molecule has 1 aliphatic rings. The third-order valence-corrected chi connectivity index (χ3v) is 5.62. The summed E-state index contributed by atoms with van der Waals surface area (Å²) in [6, 6.07) is 13.6. The number of likely N-dealkylation sites (tertiary alicyclic amines) is 1. The molecule has 1 amide bonds. The maximum absolute atomic E-state index is 12.9. The highest BCUT2D eigenvalue weighted by Crippen LogP contribution is 2.39. The van der Waals surface area contributed by atoms with Crippen LogP contribution in [0.1, 0.15) is 23.6 Å². The van der Waals surface area contributed by atoms with E-state index in [1.165, 1.54) is 0 Å². The van der Waals surface area contributed by atoms with Crippen LogP contribution in [-0.2, 0) is 9.59 Å². The lowest BCUT2D eigenvalue weighted by molar-refractivity contribution is -0.139. The number of carbonyl (C=O) groups is 2. The highest BCUT2D eigenvalue weighted by molar-refractivity contribution is 9.10. The topological polar surface area (TPSA) is 70.1 Å². The van der Waals surface area contributed by atoms with Crippen LogP contribution in [0, 0.1) is 0 Å². The number of rotatable bonds is 7. The summed E-state index contributed by atoms with van der Waals surface area (Å²) in [5, 5.41) is 11.0. The molecule has 1 fully saturated rings. The normalized spacial score (nSPS) is 18.3. The second-order valence-electron chi connectivity index (χ2n) is 7.43. The minimum atomic E-state index is -0.666. The summed E-state index contributed by atoms with van der Waals surface area (Å²) in [4.78, 5) is 29.4. The molecular weight excluding hydrogens is 448 g/mol. The van der Waals surface area contributed by atoms with Crippen LogP contribution >= 0.6 is 15.9 Å². The predicted molar refractivity (Wildman–Crippen MR) is 119 cm³/mol. The molecule has 1 heterocycles. The minimum Gasteiger partial charge on any atom is -0.507 e. The van der Waals surface area contributed by atoms with Gasteiger partial charge in [-0.3, -0.25) is 9.59 Å². The van der Waals surface area contributed by atoms with Crippen LogP contribution in [0.5, 0.6) is 5.75 Å². The summed E-state index contributed by atoms with van der Waals surface area (Å²) < 4.78 is 6.05. The molecule has 1 unspecified atom stereocenters. The first kappa shape index (κ1) is 22.1. The number of hydrogen-bond acceptors (Lipinski definition) is 5. The Morgan fingerprint density at radius 2 is 1.73 bits per heavy atom. The first-order valence-electron chi connectivity index (χ1n) is 9.66. The number of hydrogen-bond donors (Lipinski definition) is 1. The number of aliphatic hydroxyl groups is 1. The number of ether oxygens (including phenoxy) is 1. The number of benzene rings is 2. The number of amides is 1. The standard InChI is InChI=1S/C23H25BrN2O4/c1-25(2)13-4-14-26-20(15-5-9-17(24)10-6-15)19(22(28)23(26)29)21(27)16-7-11-18(30-3)12-8-16/h5-12,20,27H,4,13-14H2,1-3H3/b21-19-. The lowest BCUT2D eigenvalue weighted by Gasteiger charge is -2.26. The molecule has 158 valence electrons. The van der Waals surface area contributed by atoms with Crippen molar-refractivity contribution in [3.05, 3.63) is 69.7 Å². The number of ketones is 1. The Morgan fingerprint density at radius 1 is 1.10 bits per heavy atom. The number of halogens is 1. The van der Waals surface area contributed by atoms with E-state index in [0.29, 0.717) is 17.9 Å². The lowest BCUT2D eigenvalue weighted by Crippen LogP contribution is -2.32. The van der Waals surface area contributed by atoms with Crippen molar-refractivity contribution in [1.29, 1.82) is 0 Å². The number of nitrogens with zero attached hydrogens (tertiary/aromatic N) is 2. The lowest BCUT2D eigenvalue weighted by atomic mass is 9.95. The maximum Gasteiger partial charge on any atom is 0.295 e. The molecule has 30 heavy (non-hydrogen) atoms. The molecule has 0 bridgehead atoms. The van der Waals surface area contributed by atoms with Gasteiger partial charge < -0.3 is 19.6 Å². The van der Waals surface area contributed by atoms with Crippen LogP contribution < -0.4 is 4.74 Å². The average molecular weight is 473 g/mol. The summed E-state index contributed by atoms with van der Waals surface area (Å²) in [7, 11) is 5.48. The second-order valence-corrected chi connectivity index (χ2v) is 8.35. The first-order valence-corrected chi connectivity index (χ1v) is 10.5. The van der Waals surface area contributed by atoms with Crippen molar-refractivity contribution in [3.8, 4) is 5.75 Å². The number of methoxy groups -OCH3 is 1. The van der Waals surface area contributed by atoms with Gasteiger partial charge in [-0.25, -0.2) is 0 Å². The summed E-state index contributed by atoms with van der Waals surface area (Å²) >= 11 is 3.42. The molecule has 0 aliphatic carbocycles. The third-order valence-electron chi connectivity index (χ3n) is 5.09. The van der Waals surface area contributed by atoms with Crippen molar-refractivity contribution in [1.82, 2.24) is 9.80 Å². The molecule has 0 saturated carbocycles. The van der Waals surface area contributed by atoms with Gasteiger partial charge in [-0.15, -0.1) is 0 Å². The molecule has 0 radical (unpaired) electrons. The van der Waals surface area contributed by atoms with Crippen LogP contribution in [0.15, 0.2) is 58.6 Å².